The third-order valence-electron chi connectivity index (χ3n) is 8.11. The number of ketones is 1. The Bertz CT molecular complexity index is 1400. The number of carbonyl (C=O) groups excluding carboxylic acids is 4. The molecule has 220 valence electrons. The Morgan fingerprint density at radius 2 is 1.43 bits per heavy atom. The summed E-state index contributed by atoms with van der Waals surface area (Å²) in [6.07, 6.45) is 1.20. The molecule has 2 atom stereocenters. The first kappa shape index (κ1) is 29.9. The first-order valence-electron chi connectivity index (χ1n) is 14.0. The van der Waals surface area contributed by atoms with Gasteiger partial charge in [-0.05, 0) is 86.1 Å². The highest BCUT2D eigenvalue weighted by molar-refractivity contribution is 6.62. The van der Waals surface area contributed by atoms with Crippen molar-refractivity contribution in [3.8, 4) is 0 Å². The summed E-state index contributed by atoms with van der Waals surface area (Å²) in [6.45, 7) is 4.78. The molecule has 1 saturated heterocycles. The zero-order chi connectivity index (χ0) is 30.0. The number of fused-ring (bicyclic) bond motifs is 2. The maximum atomic E-state index is 13.8. The maximum absolute atomic E-state index is 13.8. The molecule has 3 aliphatic rings. The topological polar surface area (TPSA) is 175 Å². The summed E-state index contributed by atoms with van der Waals surface area (Å²) in [5, 5.41) is 32.0. The highest BCUT2D eigenvalue weighted by Crippen LogP contribution is 2.23. The lowest BCUT2D eigenvalue weighted by atomic mass is 9.78. The number of amides is 3. The molecule has 0 saturated carbocycles. The number of hydrogen-bond acceptors (Lipinski definition) is 9. The smallest absolute Gasteiger partial charge is 0.423 e. The Kier molecular flexibility index (Phi) is 8.81. The average Bonchev–Trinajstić information content (AvgIpc) is 3.52. The van der Waals surface area contributed by atoms with Gasteiger partial charge in [-0.1, -0.05) is 12.1 Å². The van der Waals surface area contributed by atoms with E-state index >= 15 is 0 Å². The van der Waals surface area contributed by atoms with E-state index in [9.17, 15) is 29.2 Å². The van der Waals surface area contributed by atoms with Gasteiger partial charge in [-0.15, -0.1) is 0 Å². The van der Waals surface area contributed by atoms with Crippen LogP contribution in [0.15, 0.2) is 36.4 Å². The van der Waals surface area contributed by atoms with Gasteiger partial charge in [0.2, 0.25) is 5.91 Å². The summed E-state index contributed by atoms with van der Waals surface area (Å²) in [6, 6.07) is 7.53. The second kappa shape index (κ2) is 12.4. The van der Waals surface area contributed by atoms with Crippen molar-refractivity contribution in [2.24, 2.45) is 0 Å². The van der Waals surface area contributed by atoms with E-state index in [0.717, 1.165) is 11.1 Å². The van der Waals surface area contributed by atoms with Crippen molar-refractivity contribution in [1.29, 1.82) is 0 Å². The normalized spacial score (nSPS) is 18.5. The fourth-order valence-corrected chi connectivity index (χ4v) is 5.79. The van der Waals surface area contributed by atoms with Gasteiger partial charge in [-0.2, -0.15) is 0 Å². The molecule has 0 radical (unpaired) electrons. The Morgan fingerprint density at radius 1 is 0.905 bits per heavy atom. The molecule has 12 nitrogen and oxygen atoms in total. The van der Waals surface area contributed by atoms with Crippen LogP contribution >= 0.6 is 0 Å². The third kappa shape index (κ3) is 6.42. The molecule has 0 aromatic heterocycles. The van der Waals surface area contributed by atoms with Gasteiger partial charge in [0, 0.05) is 23.1 Å². The Morgan fingerprint density at radius 3 is 1.95 bits per heavy atom. The second-order valence-electron chi connectivity index (χ2n) is 11.3. The van der Waals surface area contributed by atoms with Crippen LogP contribution in [-0.4, -0.2) is 78.5 Å². The zero-order valence-corrected chi connectivity index (χ0v) is 23.6. The van der Waals surface area contributed by atoms with Crippen molar-refractivity contribution in [3.63, 3.8) is 0 Å². The van der Waals surface area contributed by atoms with E-state index in [4.69, 9.17) is 9.31 Å². The maximum Gasteiger partial charge on any atom is 0.491 e. The Balaban J connectivity index is 1.38. The molecule has 0 bridgehead atoms. The summed E-state index contributed by atoms with van der Waals surface area (Å²) in [7, 11) is -2.27. The molecule has 5 rings (SSSR count). The molecule has 3 amide bonds. The molecule has 3 aliphatic heterocycles. The first-order chi connectivity index (χ1) is 20.0. The number of Topliss-reactive ketones (excluding diaryl/α,β-unsaturated/α-hetero) is 1. The number of nitrogens with one attached hydrogen (secondary N) is 4. The second-order valence-corrected chi connectivity index (χ2v) is 11.3. The van der Waals surface area contributed by atoms with Crippen LogP contribution in [0.25, 0.3) is 0 Å². The van der Waals surface area contributed by atoms with Crippen LogP contribution in [0, 0.1) is 0 Å². The van der Waals surface area contributed by atoms with Crippen molar-refractivity contribution < 1.29 is 38.5 Å². The molecule has 0 spiro atoms. The number of piperidine rings is 1. The lowest BCUT2D eigenvalue weighted by Gasteiger charge is -2.39. The molecular weight excluding hydrogens is 542 g/mol. The summed E-state index contributed by atoms with van der Waals surface area (Å²) in [5.41, 5.74) is 2.19. The number of rotatable bonds is 9. The van der Waals surface area contributed by atoms with Crippen molar-refractivity contribution >= 4 is 48.7 Å². The summed E-state index contributed by atoms with van der Waals surface area (Å²) in [4.78, 5) is 52.6. The van der Waals surface area contributed by atoms with Gasteiger partial charge in [-0.25, -0.2) is 0 Å². The molecule has 0 aliphatic carbocycles. The van der Waals surface area contributed by atoms with Crippen LogP contribution < -0.4 is 32.2 Å². The van der Waals surface area contributed by atoms with Crippen molar-refractivity contribution in [1.82, 2.24) is 21.3 Å². The quantitative estimate of drug-likeness (QED) is 0.189. The lowest BCUT2D eigenvalue weighted by Crippen LogP contribution is -2.63. The molecule has 42 heavy (non-hydrogen) atoms. The van der Waals surface area contributed by atoms with E-state index in [2.05, 4.69) is 21.3 Å². The van der Waals surface area contributed by atoms with Crippen molar-refractivity contribution in [2.75, 3.05) is 13.1 Å². The highest BCUT2D eigenvalue weighted by Gasteiger charge is 2.39. The van der Waals surface area contributed by atoms with Crippen LogP contribution in [0.3, 0.4) is 0 Å². The van der Waals surface area contributed by atoms with Gasteiger partial charge >= 0.3 is 14.2 Å². The van der Waals surface area contributed by atoms with E-state index < -0.39 is 49.6 Å². The van der Waals surface area contributed by atoms with E-state index in [1.807, 2.05) is 0 Å². The minimum absolute atomic E-state index is 0.0687. The largest absolute Gasteiger partial charge is 0.491 e. The van der Waals surface area contributed by atoms with Gasteiger partial charge in [0.25, 0.3) is 11.8 Å². The predicted octanol–water partition coefficient (Wildman–Crippen LogP) is -1.74. The standard InChI is InChI=1S/C28H34B2N4O8/c1-16(35)13-28(7-9-31-10-8-28)34-27(38)24(33-26(37)19-4-6-21-15-42-30(40)23(21)12-19)17(2)32-25(36)18-3-5-20-14-41-29(39)22(20)11-18/h3-6,11-12,17,24,31,39-40H,7-10,13-15H2,1-2H3,(H,32,36)(H,33,37)(H,34,38)/t17-,24-/m0/s1. The van der Waals surface area contributed by atoms with Gasteiger partial charge in [0.15, 0.2) is 0 Å². The lowest BCUT2D eigenvalue weighted by molar-refractivity contribution is -0.127. The summed E-state index contributed by atoms with van der Waals surface area (Å²) >= 11 is 0. The fraction of sp³-hybridized carbons (Fsp3) is 0.429. The first-order valence-corrected chi connectivity index (χ1v) is 14.0. The molecule has 14 heteroatoms. The Labute approximate surface area is 244 Å². The highest BCUT2D eigenvalue weighted by atomic mass is 16.5. The van der Waals surface area contributed by atoms with Gasteiger partial charge in [-0.3, -0.25) is 19.2 Å². The molecule has 2 aromatic rings. The van der Waals surface area contributed by atoms with Crippen molar-refractivity contribution in [2.45, 2.75) is 63.9 Å². The van der Waals surface area contributed by atoms with E-state index in [1.165, 1.54) is 19.1 Å². The van der Waals surface area contributed by atoms with Gasteiger partial charge in [0.1, 0.15) is 11.8 Å². The number of benzene rings is 2. The van der Waals surface area contributed by atoms with E-state index in [1.54, 1.807) is 31.2 Å². The predicted molar refractivity (Wildman–Crippen MR) is 154 cm³/mol. The fourth-order valence-electron chi connectivity index (χ4n) is 5.79. The average molecular weight is 576 g/mol. The van der Waals surface area contributed by atoms with Gasteiger partial charge < -0.3 is 40.6 Å². The third-order valence-corrected chi connectivity index (χ3v) is 8.11. The van der Waals surface area contributed by atoms with Gasteiger partial charge in [0.05, 0.1) is 19.3 Å². The molecular formula is C28H34B2N4O8. The zero-order valence-electron chi connectivity index (χ0n) is 23.6. The van der Waals surface area contributed by atoms with Crippen LogP contribution in [0.5, 0.6) is 0 Å². The molecule has 6 N–H and O–H groups in total. The van der Waals surface area contributed by atoms with Crippen LogP contribution in [0.2, 0.25) is 0 Å². The SMILES string of the molecule is CC(=O)CC1(NC(=O)[C@@H](NC(=O)c2ccc3c(c2)B(O)OC3)[C@H](C)NC(=O)c2ccc3c(c2)B(O)OC3)CCNCC1. The van der Waals surface area contributed by atoms with E-state index in [-0.39, 0.29) is 36.5 Å². The molecule has 0 unspecified atom stereocenters. The van der Waals surface area contributed by atoms with E-state index in [0.29, 0.717) is 36.9 Å². The van der Waals surface area contributed by atoms with Crippen LogP contribution in [0.1, 0.15) is 65.0 Å². The summed E-state index contributed by atoms with van der Waals surface area (Å²) < 4.78 is 10.4. The molecule has 2 aromatic carbocycles. The van der Waals surface area contributed by atoms with Crippen LogP contribution in [-0.2, 0) is 32.1 Å². The molecule has 3 heterocycles. The monoisotopic (exact) mass is 576 g/mol. The Hall–Kier alpha value is -3.55. The number of hydrogen-bond donors (Lipinski definition) is 6. The van der Waals surface area contributed by atoms with Crippen molar-refractivity contribution in [3.05, 3.63) is 58.7 Å². The van der Waals surface area contributed by atoms with Crippen LogP contribution in [0.4, 0.5) is 0 Å². The number of carbonyl (C=O) groups is 4. The molecule has 1 fully saturated rings. The minimum atomic E-state index is -1.21. The minimum Gasteiger partial charge on any atom is -0.423 e. The summed E-state index contributed by atoms with van der Waals surface area (Å²) in [5.74, 6) is -1.70.